The van der Waals surface area contributed by atoms with E-state index in [1.54, 1.807) is 0 Å². The molecule has 1 aliphatic rings. The highest BCUT2D eigenvalue weighted by atomic mass is 16.5. The fourth-order valence-electron chi connectivity index (χ4n) is 1.38. The molecule has 0 saturated heterocycles. The standard InChI is InChI=1S/C12H11NO2/c1-15-12(14)13-11-8-3-2-7-10(11)9-5-4-6-9/h2-8H,1H3,(H,13,14). The van der Waals surface area contributed by atoms with E-state index in [0.717, 1.165) is 16.8 Å². The first kappa shape index (κ1) is 9.52. The lowest BCUT2D eigenvalue weighted by atomic mass is 9.98. The Labute approximate surface area is 88.1 Å². The van der Waals surface area contributed by atoms with Crippen molar-refractivity contribution in [3.05, 3.63) is 48.1 Å². The van der Waals surface area contributed by atoms with Gasteiger partial charge in [0.25, 0.3) is 0 Å². The summed E-state index contributed by atoms with van der Waals surface area (Å²) >= 11 is 0. The van der Waals surface area contributed by atoms with Crippen LogP contribution in [0.15, 0.2) is 42.5 Å². The third kappa shape index (κ3) is 1.91. The number of hydrogen-bond donors (Lipinski definition) is 1. The summed E-state index contributed by atoms with van der Waals surface area (Å²) in [5, 5.41) is 2.67. The molecule has 1 aliphatic carbocycles. The second-order valence-corrected chi connectivity index (χ2v) is 3.14. The normalized spacial score (nSPS) is 12.7. The summed E-state index contributed by atoms with van der Waals surface area (Å²) in [4.78, 5) is 11.1. The number of carbonyl (C=O) groups excluding carboxylic acids is 1. The molecule has 1 amide bonds. The summed E-state index contributed by atoms with van der Waals surface area (Å²) in [7, 11) is 1.35. The Kier molecular flexibility index (Phi) is 2.54. The monoisotopic (exact) mass is 201 g/mol. The number of ether oxygens (including phenoxy) is 1. The number of carbonyl (C=O) groups is 1. The van der Waals surface area contributed by atoms with Crippen molar-refractivity contribution in [2.45, 2.75) is 0 Å². The SMILES string of the molecule is COC(=O)Nc1ccccc1C1=CC=C1. The number of hydrogen-bond acceptors (Lipinski definition) is 2. The molecule has 0 atom stereocenters. The Hall–Kier alpha value is -2.03. The lowest BCUT2D eigenvalue weighted by Gasteiger charge is -2.13. The van der Waals surface area contributed by atoms with Crippen LogP contribution in [0, 0.1) is 0 Å². The third-order valence-electron chi connectivity index (χ3n) is 2.21. The molecule has 0 heterocycles. The molecule has 3 heteroatoms. The van der Waals surface area contributed by atoms with Crippen molar-refractivity contribution < 1.29 is 9.53 Å². The smallest absolute Gasteiger partial charge is 0.411 e. The van der Waals surface area contributed by atoms with Crippen LogP contribution in [0.25, 0.3) is 5.57 Å². The van der Waals surface area contributed by atoms with Gasteiger partial charge in [0.15, 0.2) is 0 Å². The van der Waals surface area contributed by atoms with Gasteiger partial charge in [0.05, 0.1) is 12.8 Å². The molecule has 2 rings (SSSR count). The molecule has 1 N–H and O–H groups in total. The van der Waals surface area contributed by atoms with Gasteiger partial charge >= 0.3 is 6.09 Å². The van der Waals surface area contributed by atoms with Crippen LogP contribution in [0.1, 0.15) is 5.56 Å². The predicted molar refractivity (Wildman–Crippen MR) is 59.6 cm³/mol. The van der Waals surface area contributed by atoms with Gasteiger partial charge in [-0.05, 0) is 11.6 Å². The van der Waals surface area contributed by atoms with E-state index in [4.69, 9.17) is 0 Å². The van der Waals surface area contributed by atoms with Crippen molar-refractivity contribution >= 4 is 17.4 Å². The Morgan fingerprint density at radius 3 is 2.67 bits per heavy atom. The number of methoxy groups -OCH3 is 1. The molecule has 0 aliphatic heterocycles. The van der Waals surface area contributed by atoms with E-state index in [9.17, 15) is 4.79 Å². The second-order valence-electron chi connectivity index (χ2n) is 3.14. The van der Waals surface area contributed by atoms with Crippen LogP contribution in [-0.4, -0.2) is 13.2 Å². The molecule has 1 aromatic rings. The van der Waals surface area contributed by atoms with Crippen molar-refractivity contribution in [3.63, 3.8) is 0 Å². The van der Waals surface area contributed by atoms with Gasteiger partial charge in [-0.25, -0.2) is 4.79 Å². The van der Waals surface area contributed by atoms with Crippen LogP contribution < -0.4 is 5.32 Å². The van der Waals surface area contributed by atoms with E-state index in [1.807, 2.05) is 42.5 Å². The Morgan fingerprint density at radius 1 is 1.33 bits per heavy atom. The van der Waals surface area contributed by atoms with Gasteiger partial charge in [-0.2, -0.15) is 0 Å². The molecule has 0 radical (unpaired) electrons. The first-order chi connectivity index (χ1) is 7.31. The summed E-state index contributed by atoms with van der Waals surface area (Å²) in [5.74, 6) is 0. The molecular weight excluding hydrogens is 190 g/mol. The molecule has 0 aromatic heterocycles. The van der Waals surface area contributed by atoms with E-state index < -0.39 is 6.09 Å². The lowest BCUT2D eigenvalue weighted by Crippen LogP contribution is -2.12. The second kappa shape index (κ2) is 4.00. The maximum atomic E-state index is 11.1. The highest BCUT2D eigenvalue weighted by Crippen LogP contribution is 2.28. The Bertz CT molecular complexity index is 447. The zero-order valence-electron chi connectivity index (χ0n) is 8.36. The number of anilines is 1. The molecule has 0 saturated carbocycles. The van der Waals surface area contributed by atoms with E-state index >= 15 is 0 Å². The zero-order chi connectivity index (χ0) is 10.7. The third-order valence-corrected chi connectivity index (χ3v) is 2.21. The molecule has 76 valence electrons. The van der Waals surface area contributed by atoms with Crippen molar-refractivity contribution in [1.82, 2.24) is 0 Å². The highest BCUT2D eigenvalue weighted by molar-refractivity contribution is 5.93. The van der Waals surface area contributed by atoms with Crippen LogP contribution in [0.4, 0.5) is 10.5 Å². The fraction of sp³-hybridized carbons (Fsp3) is 0.0833. The molecule has 3 nitrogen and oxygen atoms in total. The van der Waals surface area contributed by atoms with Crippen LogP contribution >= 0.6 is 0 Å². The minimum absolute atomic E-state index is 0.452. The average Bonchev–Trinajstić information content (AvgIpc) is 2.18. The number of allylic oxidation sites excluding steroid dienone is 4. The molecule has 0 fully saturated rings. The van der Waals surface area contributed by atoms with Crippen LogP contribution in [0.3, 0.4) is 0 Å². The van der Waals surface area contributed by atoms with Crippen LogP contribution in [0.2, 0.25) is 0 Å². The Morgan fingerprint density at radius 2 is 2.07 bits per heavy atom. The maximum absolute atomic E-state index is 11.1. The zero-order valence-corrected chi connectivity index (χ0v) is 8.36. The number of rotatable bonds is 2. The van der Waals surface area contributed by atoms with Crippen molar-refractivity contribution in [2.24, 2.45) is 0 Å². The summed E-state index contributed by atoms with van der Waals surface area (Å²) in [5.41, 5.74) is 2.88. The first-order valence-electron chi connectivity index (χ1n) is 4.64. The van der Waals surface area contributed by atoms with Gasteiger partial charge in [-0.1, -0.05) is 36.4 Å². The lowest BCUT2D eigenvalue weighted by molar-refractivity contribution is 0.187. The number of amides is 1. The first-order valence-corrected chi connectivity index (χ1v) is 4.64. The van der Waals surface area contributed by atoms with E-state index in [2.05, 4.69) is 10.1 Å². The summed E-state index contributed by atoms with van der Waals surface area (Å²) in [6.07, 6.45) is 5.51. The number of para-hydroxylation sites is 1. The van der Waals surface area contributed by atoms with Crippen LogP contribution in [-0.2, 0) is 4.74 Å². The quantitative estimate of drug-likeness (QED) is 0.799. The average molecular weight is 201 g/mol. The summed E-state index contributed by atoms with van der Waals surface area (Å²) < 4.78 is 4.55. The molecule has 0 unspecified atom stereocenters. The van der Waals surface area contributed by atoms with Crippen molar-refractivity contribution in [2.75, 3.05) is 12.4 Å². The maximum Gasteiger partial charge on any atom is 0.411 e. The van der Waals surface area contributed by atoms with E-state index in [0.29, 0.717) is 0 Å². The number of benzene rings is 1. The topological polar surface area (TPSA) is 38.3 Å². The largest absolute Gasteiger partial charge is 0.453 e. The van der Waals surface area contributed by atoms with Gasteiger partial charge in [0, 0.05) is 5.56 Å². The summed E-state index contributed by atoms with van der Waals surface area (Å²) in [6, 6.07) is 7.61. The van der Waals surface area contributed by atoms with Gasteiger partial charge in [-0.3, -0.25) is 5.32 Å². The van der Waals surface area contributed by atoms with Gasteiger partial charge in [0.2, 0.25) is 0 Å². The van der Waals surface area contributed by atoms with E-state index in [1.165, 1.54) is 7.11 Å². The molecule has 0 bridgehead atoms. The molecule has 15 heavy (non-hydrogen) atoms. The Balaban J connectivity index is 2.26. The molecular formula is C12H11NO2. The van der Waals surface area contributed by atoms with Gasteiger partial charge < -0.3 is 4.74 Å². The van der Waals surface area contributed by atoms with E-state index in [-0.39, 0.29) is 0 Å². The van der Waals surface area contributed by atoms with Gasteiger partial charge in [-0.15, -0.1) is 0 Å². The van der Waals surface area contributed by atoms with Crippen molar-refractivity contribution in [1.29, 1.82) is 0 Å². The predicted octanol–water partition coefficient (Wildman–Crippen LogP) is 2.82. The minimum atomic E-state index is -0.452. The highest BCUT2D eigenvalue weighted by Gasteiger charge is 2.09. The molecule has 0 spiro atoms. The molecule has 1 aromatic carbocycles. The number of nitrogens with one attached hydrogen (secondary N) is 1. The van der Waals surface area contributed by atoms with Crippen molar-refractivity contribution in [3.8, 4) is 0 Å². The summed E-state index contributed by atoms with van der Waals surface area (Å²) in [6.45, 7) is 0. The minimum Gasteiger partial charge on any atom is -0.453 e. The van der Waals surface area contributed by atoms with Crippen LogP contribution in [0.5, 0.6) is 0 Å². The fourth-order valence-corrected chi connectivity index (χ4v) is 1.38. The van der Waals surface area contributed by atoms with Gasteiger partial charge in [0.1, 0.15) is 0 Å².